The third kappa shape index (κ3) is 8.48. The molecule has 0 unspecified atom stereocenters. The number of hydrogen-bond acceptors (Lipinski definition) is 10. The molecule has 6 aromatic rings. The number of alkyl carbamates (subject to hydrolysis) is 2. The number of methoxy groups -OCH3 is 2. The van der Waals surface area contributed by atoms with Crippen LogP contribution < -0.4 is 10.6 Å². The van der Waals surface area contributed by atoms with Gasteiger partial charge in [0.1, 0.15) is 34.8 Å². The van der Waals surface area contributed by atoms with E-state index >= 15 is 0 Å². The molecule has 2 aliphatic rings. The van der Waals surface area contributed by atoms with Crippen LogP contribution in [0.4, 0.5) is 9.59 Å². The first-order valence-corrected chi connectivity index (χ1v) is 22.5. The van der Waals surface area contributed by atoms with Crippen molar-refractivity contribution in [1.29, 1.82) is 0 Å². The van der Waals surface area contributed by atoms with Gasteiger partial charge in [-0.2, -0.15) is 0 Å². The van der Waals surface area contributed by atoms with Gasteiger partial charge in [-0.25, -0.2) is 19.6 Å². The molecule has 0 saturated carbocycles. The summed E-state index contributed by atoms with van der Waals surface area (Å²) in [6.07, 6.45) is 4.37. The molecule has 320 valence electrons. The maximum atomic E-state index is 14.1. The third-order valence-corrected chi connectivity index (χ3v) is 14.0. The lowest BCUT2D eigenvalue weighted by Gasteiger charge is -2.35. The fourth-order valence-electron chi connectivity index (χ4n) is 7.97. The second kappa shape index (κ2) is 18.0. The number of aromatic nitrogens is 4. The van der Waals surface area contributed by atoms with Crippen LogP contribution in [0.1, 0.15) is 59.8 Å². The molecule has 0 bridgehead atoms. The number of aromatic amines is 2. The Morgan fingerprint density at radius 1 is 0.661 bits per heavy atom. The molecule has 14 nitrogen and oxygen atoms in total. The Bertz CT molecular complexity index is 2460. The van der Waals surface area contributed by atoms with Gasteiger partial charge in [0.2, 0.25) is 0 Å². The Labute approximate surface area is 367 Å². The standard InChI is InChI=1S/C46H48N8O6S2/c1-45(25-61-27-53(45)39(55)37(51-43(57)59-3)31-15-7-5-8-16-31)41-47-33-21-19-29(23-35(33)49-41)13-11-12-14-30-20-22-34-36(24-30)50-42(48-34)46(2)26-62-28-54(46)40(56)38(52-44(58)60-4)32-17-9-6-10-18-32/h5-12,15-24,37-38H,13-14,25-28H2,1-4H3,(H,47,49)(H,48,50)(H,51,57)(H,52,58)/b12-11+/t37-,38-,45-,46-/m1/s1. The van der Waals surface area contributed by atoms with E-state index in [1.807, 2.05) is 86.6 Å². The van der Waals surface area contributed by atoms with Crippen molar-refractivity contribution in [3.8, 4) is 0 Å². The molecule has 0 aliphatic carbocycles. The molecular weight excluding hydrogens is 825 g/mol. The van der Waals surface area contributed by atoms with Crippen LogP contribution in [0, 0.1) is 0 Å². The lowest BCUT2D eigenvalue weighted by molar-refractivity contribution is -0.138. The molecule has 4 N–H and O–H groups in total. The molecule has 0 radical (unpaired) electrons. The van der Waals surface area contributed by atoms with E-state index in [9.17, 15) is 19.2 Å². The monoisotopic (exact) mass is 872 g/mol. The van der Waals surface area contributed by atoms with Gasteiger partial charge < -0.3 is 39.9 Å². The van der Waals surface area contributed by atoms with Crippen LogP contribution in [0.2, 0.25) is 0 Å². The largest absolute Gasteiger partial charge is 0.453 e. The predicted octanol–water partition coefficient (Wildman–Crippen LogP) is 7.47. The number of allylic oxidation sites excluding steroid dienone is 2. The smallest absolute Gasteiger partial charge is 0.407 e. The minimum Gasteiger partial charge on any atom is -0.453 e. The third-order valence-electron chi connectivity index (χ3n) is 11.6. The number of amides is 4. The van der Waals surface area contributed by atoms with Crippen molar-refractivity contribution >= 4 is 69.6 Å². The molecule has 4 amide bonds. The number of fused-ring (bicyclic) bond motifs is 2. The Morgan fingerprint density at radius 3 is 1.45 bits per heavy atom. The molecule has 2 aromatic heterocycles. The average molecular weight is 873 g/mol. The summed E-state index contributed by atoms with van der Waals surface area (Å²) in [6, 6.07) is 28.8. The Balaban J connectivity index is 0.936. The highest BCUT2D eigenvalue weighted by molar-refractivity contribution is 7.99. The van der Waals surface area contributed by atoms with Gasteiger partial charge in [0.25, 0.3) is 11.8 Å². The van der Waals surface area contributed by atoms with Crippen molar-refractivity contribution in [3.63, 3.8) is 0 Å². The van der Waals surface area contributed by atoms with E-state index in [0.29, 0.717) is 58.9 Å². The van der Waals surface area contributed by atoms with Crippen LogP contribution in [0.15, 0.2) is 109 Å². The van der Waals surface area contributed by atoms with E-state index < -0.39 is 35.3 Å². The highest BCUT2D eigenvalue weighted by Crippen LogP contribution is 2.42. The SMILES string of the molecule is COC(=O)N[C@@H](C(=O)N1CSC[C@]1(C)c1nc2ccc(C/C=C/Cc3ccc4nc([C@@]5(C)CSCN5C(=O)[C@H](NC(=O)OC)c5ccccc5)[nH]c4c3)cc2[nH]1)c1ccccc1. The quantitative estimate of drug-likeness (QED) is 0.0904. The van der Waals surface area contributed by atoms with Gasteiger partial charge in [-0.15, -0.1) is 23.5 Å². The number of carbonyl (C=O) groups excluding carboxylic acids is 4. The first-order chi connectivity index (χ1) is 30.0. The van der Waals surface area contributed by atoms with Crippen LogP contribution in [0.3, 0.4) is 0 Å². The molecule has 2 aliphatic heterocycles. The molecule has 2 fully saturated rings. The first-order valence-electron chi connectivity index (χ1n) is 20.2. The van der Waals surface area contributed by atoms with E-state index in [4.69, 9.17) is 19.4 Å². The topological polar surface area (TPSA) is 175 Å². The van der Waals surface area contributed by atoms with E-state index in [-0.39, 0.29) is 11.8 Å². The molecule has 62 heavy (non-hydrogen) atoms. The fraction of sp³-hybridized carbons (Fsp3) is 0.304. The van der Waals surface area contributed by atoms with Crippen LogP contribution in [-0.2, 0) is 43.0 Å². The van der Waals surface area contributed by atoms with Gasteiger partial charge in [-0.3, -0.25) is 9.59 Å². The number of benzene rings is 4. The molecule has 4 atom stereocenters. The first kappa shape index (κ1) is 42.4. The van der Waals surface area contributed by atoms with Crippen molar-refractivity contribution in [3.05, 3.63) is 143 Å². The Hall–Kier alpha value is -6.26. The molecule has 4 aromatic carbocycles. The number of imidazole rings is 2. The molecule has 0 spiro atoms. The van der Waals surface area contributed by atoms with Crippen molar-refractivity contribution in [2.24, 2.45) is 0 Å². The Kier molecular flexibility index (Phi) is 12.3. The van der Waals surface area contributed by atoms with E-state index in [1.54, 1.807) is 33.3 Å². The molecule has 4 heterocycles. The number of ether oxygens (including phenoxy) is 2. The van der Waals surface area contributed by atoms with Crippen molar-refractivity contribution in [2.75, 3.05) is 37.5 Å². The maximum Gasteiger partial charge on any atom is 0.407 e. The predicted molar refractivity (Wildman–Crippen MR) is 241 cm³/mol. The summed E-state index contributed by atoms with van der Waals surface area (Å²) in [7, 11) is 2.56. The molecule has 2 saturated heterocycles. The van der Waals surface area contributed by atoms with E-state index in [2.05, 4.69) is 57.0 Å². The highest BCUT2D eigenvalue weighted by Gasteiger charge is 2.48. The summed E-state index contributed by atoms with van der Waals surface area (Å²) in [6.45, 7) is 4.01. The summed E-state index contributed by atoms with van der Waals surface area (Å²) in [5, 5.41) is 5.46. The van der Waals surface area contributed by atoms with Crippen molar-refractivity contribution < 1.29 is 28.7 Å². The zero-order valence-corrected chi connectivity index (χ0v) is 36.5. The zero-order valence-electron chi connectivity index (χ0n) is 34.8. The molecular formula is C46H48N8O6S2. The summed E-state index contributed by atoms with van der Waals surface area (Å²) < 4.78 is 9.71. The lowest BCUT2D eigenvalue weighted by Crippen LogP contribution is -2.50. The zero-order chi connectivity index (χ0) is 43.4. The van der Waals surface area contributed by atoms with Crippen LogP contribution >= 0.6 is 23.5 Å². The number of carbonyl (C=O) groups is 4. The van der Waals surface area contributed by atoms with Gasteiger partial charge in [0.05, 0.1) is 48.0 Å². The van der Waals surface area contributed by atoms with Crippen LogP contribution in [0.25, 0.3) is 22.1 Å². The van der Waals surface area contributed by atoms with Gasteiger partial charge in [-0.05, 0) is 73.2 Å². The minimum absolute atomic E-state index is 0.239. The minimum atomic E-state index is -0.913. The lowest BCUT2D eigenvalue weighted by atomic mass is 9.99. The number of nitrogens with one attached hydrogen (secondary N) is 4. The number of hydrogen-bond donors (Lipinski definition) is 4. The van der Waals surface area contributed by atoms with Gasteiger partial charge in [-0.1, -0.05) is 84.9 Å². The summed E-state index contributed by atoms with van der Waals surface area (Å²) >= 11 is 3.28. The summed E-state index contributed by atoms with van der Waals surface area (Å²) in [5.74, 6) is 3.08. The maximum absolute atomic E-state index is 14.1. The van der Waals surface area contributed by atoms with Gasteiger partial charge in [0.15, 0.2) is 0 Å². The fourth-order valence-corrected chi connectivity index (χ4v) is 10.7. The number of nitrogens with zero attached hydrogens (tertiary/aromatic N) is 4. The normalized spacial score (nSPS) is 19.8. The van der Waals surface area contributed by atoms with Crippen LogP contribution in [-0.4, -0.2) is 91.2 Å². The second-order valence-electron chi connectivity index (χ2n) is 15.7. The second-order valence-corrected chi connectivity index (χ2v) is 17.7. The van der Waals surface area contributed by atoms with E-state index in [1.165, 1.54) is 14.2 Å². The van der Waals surface area contributed by atoms with Crippen LogP contribution in [0.5, 0.6) is 0 Å². The average Bonchev–Trinajstić information content (AvgIpc) is 4.11. The number of H-pyrrole nitrogens is 2. The van der Waals surface area contributed by atoms with Gasteiger partial charge >= 0.3 is 12.2 Å². The van der Waals surface area contributed by atoms with E-state index in [0.717, 1.165) is 33.2 Å². The van der Waals surface area contributed by atoms with Crippen molar-refractivity contribution in [2.45, 2.75) is 49.9 Å². The highest BCUT2D eigenvalue weighted by atomic mass is 32.2. The number of thioether (sulfide) groups is 2. The van der Waals surface area contributed by atoms with Gasteiger partial charge in [0, 0.05) is 11.5 Å². The summed E-state index contributed by atoms with van der Waals surface area (Å²) in [4.78, 5) is 73.4. The molecule has 16 heteroatoms. The molecule has 8 rings (SSSR count). The number of rotatable bonds is 12. The summed E-state index contributed by atoms with van der Waals surface area (Å²) in [5.41, 5.74) is 5.48. The van der Waals surface area contributed by atoms with Crippen molar-refractivity contribution in [1.82, 2.24) is 40.4 Å². The Morgan fingerprint density at radius 2 is 1.06 bits per heavy atom.